The smallest absolute Gasteiger partial charge is 0.410 e. The minimum absolute atomic E-state index is 0.171. The average Bonchev–Trinajstić information content (AvgIpc) is 2.24. The van der Waals surface area contributed by atoms with Crippen LogP contribution in [0.3, 0.4) is 0 Å². The van der Waals surface area contributed by atoms with Crippen LogP contribution < -0.4 is 0 Å². The van der Waals surface area contributed by atoms with E-state index < -0.39 is 5.60 Å². The molecular formula is C13H21NO3. The van der Waals surface area contributed by atoms with E-state index >= 15 is 0 Å². The third kappa shape index (κ3) is 5.10. The third-order valence-corrected chi connectivity index (χ3v) is 2.50. The van der Waals surface area contributed by atoms with Crippen LogP contribution in [0.1, 0.15) is 33.6 Å². The largest absolute Gasteiger partial charge is 0.444 e. The molecule has 0 aliphatic carbocycles. The Morgan fingerprint density at radius 1 is 1.41 bits per heavy atom. The molecule has 0 spiro atoms. The fourth-order valence-electron chi connectivity index (χ4n) is 1.70. The molecule has 0 unspecified atom stereocenters. The van der Waals surface area contributed by atoms with E-state index in [9.17, 15) is 4.79 Å². The molecule has 1 rings (SSSR count). The van der Waals surface area contributed by atoms with E-state index in [1.54, 1.807) is 4.90 Å². The second-order valence-electron chi connectivity index (χ2n) is 5.18. The lowest BCUT2D eigenvalue weighted by molar-refractivity contribution is -0.00373. The molecule has 1 heterocycles. The number of carbonyl (C=O) groups is 1. The van der Waals surface area contributed by atoms with Crippen molar-refractivity contribution in [2.45, 2.75) is 45.3 Å². The van der Waals surface area contributed by atoms with Gasteiger partial charge in [-0.2, -0.15) is 0 Å². The first-order chi connectivity index (χ1) is 7.92. The summed E-state index contributed by atoms with van der Waals surface area (Å²) in [7, 11) is 0. The van der Waals surface area contributed by atoms with Gasteiger partial charge in [0.2, 0.25) is 0 Å². The van der Waals surface area contributed by atoms with Crippen molar-refractivity contribution in [2.75, 3.05) is 19.7 Å². The van der Waals surface area contributed by atoms with E-state index in [2.05, 4.69) is 5.92 Å². The number of terminal acetylenes is 1. The van der Waals surface area contributed by atoms with Gasteiger partial charge in [-0.15, -0.1) is 6.42 Å². The molecule has 4 heteroatoms. The summed E-state index contributed by atoms with van der Waals surface area (Å²) in [6.07, 6.45) is 6.70. The summed E-state index contributed by atoms with van der Waals surface area (Å²) in [5.41, 5.74) is -0.437. The van der Waals surface area contributed by atoms with Gasteiger partial charge in [0.05, 0.1) is 6.10 Å². The van der Waals surface area contributed by atoms with Crippen LogP contribution in [-0.4, -0.2) is 42.4 Å². The molecule has 1 saturated heterocycles. The van der Waals surface area contributed by atoms with Crippen LogP contribution >= 0.6 is 0 Å². The van der Waals surface area contributed by atoms with Crippen molar-refractivity contribution < 1.29 is 14.3 Å². The van der Waals surface area contributed by atoms with Crippen molar-refractivity contribution in [1.82, 2.24) is 4.90 Å². The van der Waals surface area contributed by atoms with Crippen molar-refractivity contribution >= 4 is 6.09 Å². The lowest BCUT2D eigenvalue weighted by atomic mass is 10.1. The number of likely N-dealkylation sites (tertiary alicyclic amines) is 1. The van der Waals surface area contributed by atoms with Crippen molar-refractivity contribution in [3.8, 4) is 12.3 Å². The van der Waals surface area contributed by atoms with Crippen molar-refractivity contribution in [1.29, 1.82) is 0 Å². The Morgan fingerprint density at radius 3 is 2.47 bits per heavy atom. The normalized spacial score (nSPS) is 17.6. The summed E-state index contributed by atoms with van der Waals surface area (Å²) in [5, 5.41) is 0. The maximum absolute atomic E-state index is 11.8. The fourth-order valence-corrected chi connectivity index (χ4v) is 1.70. The second kappa shape index (κ2) is 5.92. The number of ether oxygens (including phenoxy) is 2. The lowest BCUT2D eigenvalue weighted by Gasteiger charge is -2.33. The van der Waals surface area contributed by atoms with E-state index in [4.69, 9.17) is 15.9 Å². The number of amides is 1. The average molecular weight is 239 g/mol. The summed E-state index contributed by atoms with van der Waals surface area (Å²) in [6.45, 7) is 7.29. The number of piperidine rings is 1. The molecular weight excluding hydrogens is 218 g/mol. The first-order valence-electron chi connectivity index (χ1n) is 5.95. The predicted octanol–water partition coefficient (Wildman–Crippen LogP) is 2.04. The highest BCUT2D eigenvalue weighted by Gasteiger charge is 2.26. The van der Waals surface area contributed by atoms with Crippen LogP contribution in [0.25, 0.3) is 0 Å². The van der Waals surface area contributed by atoms with E-state index in [1.165, 1.54) is 0 Å². The van der Waals surface area contributed by atoms with E-state index in [-0.39, 0.29) is 12.2 Å². The molecule has 1 amide bonds. The summed E-state index contributed by atoms with van der Waals surface area (Å²) < 4.78 is 10.8. The van der Waals surface area contributed by atoms with Gasteiger partial charge < -0.3 is 14.4 Å². The molecule has 0 saturated carbocycles. The van der Waals surface area contributed by atoms with E-state index in [0.717, 1.165) is 12.8 Å². The van der Waals surface area contributed by atoms with E-state index in [1.807, 2.05) is 20.8 Å². The molecule has 0 bridgehead atoms. The van der Waals surface area contributed by atoms with Crippen LogP contribution in [0.2, 0.25) is 0 Å². The Morgan fingerprint density at radius 2 is 2.00 bits per heavy atom. The number of hydrogen-bond donors (Lipinski definition) is 0. The van der Waals surface area contributed by atoms with Gasteiger partial charge in [-0.1, -0.05) is 5.92 Å². The van der Waals surface area contributed by atoms with E-state index in [0.29, 0.717) is 19.7 Å². The molecule has 1 aliphatic heterocycles. The molecule has 0 atom stereocenters. The summed E-state index contributed by atoms with van der Waals surface area (Å²) in [6, 6.07) is 0. The van der Waals surface area contributed by atoms with Gasteiger partial charge in [0.25, 0.3) is 0 Å². The topological polar surface area (TPSA) is 38.8 Å². The zero-order valence-electron chi connectivity index (χ0n) is 10.9. The van der Waals surface area contributed by atoms with Gasteiger partial charge in [-0.3, -0.25) is 0 Å². The molecule has 4 nitrogen and oxygen atoms in total. The van der Waals surface area contributed by atoms with Crippen LogP contribution in [0.4, 0.5) is 4.79 Å². The van der Waals surface area contributed by atoms with Crippen molar-refractivity contribution in [3.05, 3.63) is 0 Å². The molecule has 96 valence electrons. The Hall–Kier alpha value is -1.21. The van der Waals surface area contributed by atoms with Crippen LogP contribution in [0, 0.1) is 12.3 Å². The standard InChI is InChI=1S/C13H21NO3/c1-5-10-16-11-6-8-14(9-7-11)12(15)17-13(2,3)4/h1,11H,6-10H2,2-4H3. The SMILES string of the molecule is C#CCOC1CCN(C(=O)OC(C)(C)C)CC1. The Labute approximate surface area is 103 Å². The molecule has 1 aliphatic rings. The van der Waals surface area contributed by atoms with Crippen molar-refractivity contribution in [2.24, 2.45) is 0 Å². The number of hydrogen-bond acceptors (Lipinski definition) is 3. The first kappa shape index (κ1) is 13.9. The summed E-state index contributed by atoms with van der Waals surface area (Å²) >= 11 is 0. The minimum atomic E-state index is -0.437. The number of rotatable bonds is 2. The van der Waals surface area contributed by atoms with Gasteiger partial charge in [0.15, 0.2) is 0 Å². The molecule has 17 heavy (non-hydrogen) atoms. The highest BCUT2D eigenvalue weighted by atomic mass is 16.6. The number of nitrogens with zero attached hydrogens (tertiary/aromatic N) is 1. The van der Waals surface area contributed by atoms with Gasteiger partial charge in [-0.25, -0.2) is 4.79 Å². The molecule has 0 aromatic rings. The summed E-state index contributed by atoms with van der Waals surface area (Å²) in [4.78, 5) is 13.5. The summed E-state index contributed by atoms with van der Waals surface area (Å²) in [5.74, 6) is 2.45. The monoisotopic (exact) mass is 239 g/mol. The van der Waals surface area contributed by atoms with Gasteiger partial charge in [0.1, 0.15) is 12.2 Å². The maximum atomic E-state index is 11.8. The fraction of sp³-hybridized carbons (Fsp3) is 0.769. The molecule has 1 fully saturated rings. The second-order valence-corrected chi connectivity index (χ2v) is 5.18. The third-order valence-electron chi connectivity index (χ3n) is 2.50. The molecule has 0 N–H and O–H groups in total. The van der Waals surface area contributed by atoms with Gasteiger partial charge >= 0.3 is 6.09 Å². The first-order valence-corrected chi connectivity index (χ1v) is 5.95. The van der Waals surface area contributed by atoms with Crippen molar-refractivity contribution in [3.63, 3.8) is 0 Å². The van der Waals surface area contributed by atoms with Crippen LogP contribution in [0.15, 0.2) is 0 Å². The van der Waals surface area contributed by atoms with Gasteiger partial charge in [0, 0.05) is 13.1 Å². The Balaban J connectivity index is 2.32. The van der Waals surface area contributed by atoms with Crippen LogP contribution in [0.5, 0.6) is 0 Å². The molecule has 0 radical (unpaired) electrons. The lowest BCUT2D eigenvalue weighted by Crippen LogP contribution is -2.43. The minimum Gasteiger partial charge on any atom is -0.444 e. The Bertz CT molecular complexity index is 293. The highest BCUT2D eigenvalue weighted by molar-refractivity contribution is 5.68. The van der Waals surface area contributed by atoms with Crippen LogP contribution in [-0.2, 0) is 9.47 Å². The maximum Gasteiger partial charge on any atom is 0.410 e. The van der Waals surface area contributed by atoms with Gasteiger partial charge in [-0.05, 0) is 33.6 Å². The molecule has 0 aromatic heterocycles. The highest BCUT2D eigenvalue weighted by Crippen LogP contribution is 2.17. The molecule has 0 aromatic carbocycles. The zero-order chi connectivity index (χ0) is 12.9. The predicted molar refractivity (Wildman–Crippen MR) is 65.6 cm³/mol. The quantitative estimate of drug-likeness (QED) is 0.692. The Kier molecular flexibility index (Phi) is 4.83. The zero-order valence-corrected chi connectivity index (χ0v) is 10.9. The number of carbonyl (C=O) groups excluding carboxylic acids is 1.